The lowest BCUT2D eigenvalue weighted by atomic mass is 10.1. The van der Waals surface area contributed by atoms with Crippen LogP contribution < -0.4 is 0 Å². The maximum atomic E-state index is 12.3. The Bertz CT molecular complexity index is 404. The van der Waals surface area contributed by atoms with Crippen molar-refractivity contribution in [3.05, 3.63) is 29.1 Å². The summed E-state index contributed by atoms with van der Waals surface area (Å²) in [7, 11) is 0. The zero-order chi connectivity index (χ0) is 11.6. The van der Waals surface area contributed by atoms with E-state index in [1.807, 2.05) is 0 Å². The molecule has 1 rings (SSSR count). The maximum Gasteiger partial charge on any atom is 0.418 e. The quantitative estimate of drug-likeness (QED) is 0.685. The van der Waals surface area contributed by atoms with Crippen LogP contribution in [0.4, 0.5) is 22.0 Å². The smallest absolute Gasteiger partial charge is 0.263 e. The molecule has 0 aliphatic carbocycles. The van der Waals surface area contributed by atoms with Gasteiger partial charge in [-0.3, -0.25) is 4.98 Å². The van der Waals surface area contributed by atoms with Crippen molar-refractivity contribution < 1.29 is 22.0 Å². The van der Waals surface area contributed by atoms with Crippen molar-refractivity contribution in [1.29, 1.82) is 5.26 Å². The van der Waals surface area contributed by atoms with E-state index >= 15 is 0 Å². The van der Waals surface area contributed by atoms with Crippen molar-refractivity contribution in [2.45, 2.75) is 12.6 Å². The van der Waals surface area contributed by atoms with Gasteiger partial charge in [-0.2, -0.15) is 18.4 Å². The van der Waals surface area contributed by atoms with Crippen LogP contribution in [0.1, 0.15) is 23.1 Å². The molecule has 0 amide bonds. The molecule has 0 atom stereocenters. The van der Waals surface area contributed by atoms with Gasteiger partial charge >= 0.3 is 6.18 Å². The van der Waals surface area contributed by atoms with Gasteiger partial charge in [0.2, 0.25) is 0 Å². The number of halogens is 5. The Morgan fingerprint density at radius 3 is 2.27 bits per heavy atom. The van der Waals surface area contributed by atoms with Gasteiger partial charge in [-0.15, -0.1) is 0 Å². The van der Waals surface area contributed by atoms with E-state index in [4.69, 9.17) is 5.26 Å². The van der Waals surface area contributed by atoms with Crippen molar-refractivity contribution in [2.24, 2.45) is 0 Å². The first kappa shape index (κ1) is 11.4. The average Bonchev–Trinajstić information content (AvgIpc) is 2.15. The second-order valence-corrected chi connectivity index (χ2v) is 2.56. The molecule has 0 aliphatic rings. The third-order valence-corrected chi connectivity index (χ3v) is 1.61. The van der Waals surface area contributed by atoms with Gasteiger partial charge in [0.05, 0.1) is 11.1 Å². The molecule has 2 nitrogen and oxygen atoms in total. The number of nitrogens with zero attached hydrogens (tertiary/aromatic N) is 2. The number of hydrogen-bond donors (Lipinski definition) is 0. The molecule has 0 aliphatic heterocycles. The summed E-state index contributed by atoms with van der Waals surface area (Å²) in [5, 5.41) is 8.35. The maximum absolute atomic E-state index is 12.3. The molecule has 1 aromatic heterocycles. The number of nitriles is 1. The highest BCUT2D eigenvalue weighted by atomic mass is 19.4. The van der Waals surface area contributed by atoms with Crippen LogP contribution in [-0.4, -0.2) is 4.98 Å². The van der Waals surface area contributed by atoms with Crippen LogP contribution in [0, 0.1) is 11.3 Å². The monoisotopic (exact) mass is 222 g/mol. The van der Waals surface area contributed by atoms with Crippen molar-refractivity contribution in [3.63, 3.8) is 0 Å². The molecule has 7 heteroatoms. The van der Waals surface area contributed by atoms with Crippen LogP contribution in [0.25, 0.3) is 0 Å². The Morgan fingerprint density at radius 1 is 1.27 bits per heavy atom. The molecule has 0 saturated heterocycles. The number of aromatic nitrogens is 1. The highest BCUT2D eigenvalue weighted by Crippen LogP contribution is 2.37. The Balaban J connectivity index is 3.50. The number of hydrogen-bond acceptors (Lipinski definition) is 2. The molecule has 80 valence electrons. The van der Waals surface area contributed by atoms with Gasteiger partial charge in [0.15, 0.2) is 0 Å². The summed E-state index contributed by atoms with van der Waals surface area (Å²) in [5.41, 5.74) is -3.79. The number of rotatable bonds is 1. The molecule has 0 N–H and O–H groups in total. The average molecular weight is 222 g/mol. The van der Waals surface area contributed by atoms with Gasteiger partial charge in [0.1, 0.15) is 6.07 Å². The number of pyridine rings is 1. The van der Waals surface area contributed by atoms with Crippen LogP contribution in [-0.2, 0) is 6.18 Å². The second kappa shape index (κ2) is 3.81. The van der Waals surface area contributed by atoms with E-state index in [2.05, 4.69) is 4.98 Å². The molecule has 15 heavy (non-hydrogen) atoms. The molecule has 0 saturated carbocycles. The van der Waals surface area contributed by atoms with Gasteiger partial charge in [-0.1, -0.05) is 0 Å². The molecular weight excluding hydrogens is 219 g/mol. The largest absolute Gasteiger partial charge is 0.418 e. The minimum Gasteiger partial charge on any atom is -0.263 e. The van der Waals surface area contributed by atoms with E-state index in [9.17, 15) is 22.0 Å². The number of alkyl halides is 5. The van der Waals surface area contributed by atoms with E-state index in [0.717, 1.165) is 0 Å². The first-order chi connectivity index (χ1) is 6.88. The predicted molar refractivity (Wildman–Crippen MR) is 38.9 cm³/mol. The molecule has 0 aromatic carbocycles. The van der Waals surface area contributed by atoms with Crippen LogP contribution in [0.3, 0.4) is 0 Å². The van der Waals surface area contributed by atoms with Crippen molar-refractivity contribution in [2.75, 3.05) is 0 Å². The van der Waals surface area contributed by atoms with Crippen molar-refractivity contribution >= 4 is 0 Å². The summed E-state index contributed by atoms with van der Waals surface area (Å²) in [5.74, 6) is 0. The first-order valence-electron chi connectivity index (χ1n) is 3.61. The van der Waals surface area contributed by atoms with E-state index in [1.165, 1.54) is 6.07 Å². The van der Waals surface area contributed by atoms with Crippen molar-refractivity contribution in [1.82, 2.24) is 4.98 Å². The van der Waals surface area contributed by atoms with E-state index < -0.39 is 29.3 Å². The lowest BCUT2D eigenvalue weighted by Crippen LogP contribution is -2.12. The fourth-order valence-corrected chi connectivity index (χ4v) is 1.04. The highest BCUT2D eigenvalue weighted by Gasteiger charge is 2.38. The zero-order valence-corrected chi connectivity index (χ0v) is 7.02. The predicted octanol–water partition coefficient (Wildman–Crippen LogP) is 2.91. The van der Waals surface area contributed by atoms with E-state index in [0.29, 0.717) is 12.4 Å². The molecule has 0 radical (unpaired) electrons. The molecule has 0 spiro atoms. The fourth-order valence-electron chi connectivity index (χ4n) is 1.04. The third kappa shape index (κ3) is 2.21. The molecular formula is C8H3F5N2. The Hall–Kier alpha value is -1.71. The summed E-state index contributed by atoms with van der Waals surface area (Å²) in [4.78, 5) is 3.15. The minimum atomic E-state index is -4.99. The standard InChI is InChI=1S/C8H3F5N2/c9-7(10)5-3-15-2-4(1-14)6(5)8(11,12)13/h2-3,7H. The van der Waals surface area contributed by atoms with E-state index in [1.54, 1.807) is 0 Å². The van der Waals surface area contributed by atoms with E-state index in [-0.39, 0.29) is 0 Å². The molecule has 0 unspecified atom stereocenters. The van der Waals surface area contributed by atoms with Gasteiger partial charge in [-0.05, 0) is 0 Å². The Morgan fingerprint density at radius 2 is 1.87 bits per heavy atom. The Labute approximate surface area is 81.0 Å². The second-order valence-electron chi connectivity index (χ2n) is 2.56. The normalized spacial score (nSPS) is 11.5. The van der Waals surface area contributed by atoms with Gasteiger partial charge in [0, 0.05) is 18.0 Å². The van der Waals surface area contributed by atoms with Crippen LogP contribution in [0.2, 0.25) is 0 Å². The topological polar surface area (TPSA) is 36.7 Å². The SMILES string of the molecule is N#Cc1cncc(C(F)F)c1C(F)(F)F. The lowest BCUT2D eigenvalue weighted by Gasteiger charge is -2.12. The first-order valence-corrected chi connectivity index (χ1v) is 3.61. The fraction of sp³-hybridized carbons (Fsp3) is 0.250. The summed E-state index contributed by atoms with van der Waals surface area (Å²) in [6, 6.07) is 1.18. The summed E-state index contributed by atoms with van der Waals surface area (Å²) >= 11 is 0. The van der Waals surface area contributed by atoms with Crippen LogP contribution in [0.5, 0.6) is 0 Å². The Kier molecular flexibility index (Phi) is 2.88. The molecule has 0 fully saturated rings. The molecule has 0 bridgehead atoms. The van der Waals surface area contributed by atoms with Gasteiger partial charge in [-0.25, -0.2) is 8.78 Å². The molecule has 1 aromatic rings. The van der Waals surface area contributed by atoms with Gasteiger partial charge < -0.3 is 0 Å². The van der Waals surface area contributed by atoms with Crippen LogP contribution in [0.15, 0.2) is 12.4 Å². The third-order valence-electron chi connectivity index (χ3n) is 1.61. The summed E-state index contributed by atoms with van der Waals surface area (Å²) in [6.07, 6.45) is -7.29. The highest BCUT2D eigenvalue weighted by molar-refractivity contribution is 5.42. The van der Waals surface area contributed by atoms with Gasteiger partial charge in [0.25, 0.3) is 6.43 Å². The minimum absolute atomic E-state index is 0.411. The summed E-state index contributed by atoms with van der Waals surface area (Å²) < 4.78 is 61.5. The zero-order valence-electron chi connectivity index (χ0n) is 7.02. The van der Waals surface area contributed by atoms with Crippen LogP contribution >= 0.6 is 0 Å². The lowest BCUT2D eigenvalue weighted by molar-refractivity contribution is -0.139. The van der Waals surface area contributed by atoms with Crippen molar-refractivity contribution in [3.8, 4) is 6.07 Å². The molecule has 1 heterocycles. The summed E-state index contributed by atoms with van der Waals surface area (Å²) in [6.45, 7) is 0.